The molecule has 0 bridgehead atoms. The molecule has 2 aromatic carbocycles. The number of halogens is 1. The van der Waals surface area contributed by atoms with Crippen molar-refractivity contribution in [1.29, 1.82) is 0 Å². The molecule has 166 valence electrons. The number of likely N-dealkylation sites (tertiary alicyclic amines) is 2. The molecule has 0 unspecified atom stereocenters. The molecule has 0 aromatic heterocycles. The lowest BCUT2D eigenvalue weighted by Crippen LogP contribution is -2.42. The molecule has 2 saturated heterocycles. The van der Waals surface area contributed by atoms with Gasteiger partial charge in [-0.05, 0) is 86.7 Å². The Kier molecular flexibility index (Phi) is 6.83. The third kappa shape index (κ3) is 5.45. The van der Waals surface area contributed by atoms with Crippen LogP contribution in [0.2, 0.25) is 5.02 Å². The average molecular weight is 439 g/mol. The Hall–Kier alpha value is -1.55. The third-order valence-corrected chi connectivity index (χ3v) is 7.79. The second kappa shape index (κ2) is 9.94. The zero-order valence-electron chi connectivity index (χ0n) is 18.5. The minimum atomic E-state index is 0.296. The second-order valence-electron chi connectivity index (χ2n) is 9.81. The maximum atomic E-state index is 6.24. The monoisotopic (exact) mass is 438 g/mol. The Balaban J connectivity index is 1.02. The number of piperidine rings is 1. The van der Waals surface area contributed by atoms with Crippen molar-refractivity contribution in [3.8, 4) is 5.75 Å². The Morgan fingerprint density at radius 3 is 2.26 bits per heavy atom. The lowest BCUT2D eigenvalue weighted by atomic mass is 9.71. The average Bonchev–Trinajstić information content (AvgIpc) is 3.27. The van der Waals surface area contributed by atoms with Crippen LogP contribution in [0.3, 0.4) is 0 Å². The molecule has 2 heterocycles. The van der Waals surface area contributed by atoms with Crippen LogP contribution in [0.15, 0.2) is 48.5 Å². The minimum absolute atomic E-state index is 0.296. The van der Waals surface area contributed by atoms with E-state index in [1.54, 1.807) is 5.56 Å². The molecule has 0 N–H and O–H groups in total. The highest BCUT2D eigenvalue weighted by Gasteiger charge is 2.32. The van der Waals surface area contributed by atoms with E-state index in [0.717, 1.165) is 55.1 Å². The maximum Gasteiger partial charge on any atom is 0.138 e. The van der Waals surface area contributed by atoms with Crippen LogP contribution in [0.25, 0.3) is 0 Å². The van der Waals surface area contributed by atoms with E-state index in [9.17, 15) is 0 Å². The summed E-state index contributed by atoms with van der Waals surface area (Å²) in [5.74, 6) is 2.46. The fourth-order valence-corrected chi connectivity index (χ4v) is 5.73. The van der Waals surface area contributed by atoms with Crippen LogP contribution in [0, 0.1) is 5.92 Å². The van der Waals surface area contributed by atoms with Crippen LogP contribution in [0.4, 0.5) is 0 Å². The Morgan fingerprint density at radius 2 is 1.55 bits per heavy atom. The predicted octanol–water partition coefficient (Wildman–Crippen LogP) is 5.97. The molecule has 3 fully saturated rings. The van der Waals surface area contributed by atoms with E-state index >= 15 is 0 Å². The molecule has 0 spiro atoms. The van der Waals surface area contributed by atoms with Crippen molar-refractivity contribution in [3.63, 3.8) is 0 Å². The molecular weight excluding hydrogens is 404 g/mol. The zero-order chi connectivity index (χ0) is 21.0. The van der Waals surface area contributed by atoms with Gasteiger partial charge in [-0.2, -0.15) is 0 Å². The van der Waals surface area contributed by atoms with Gasteiger partial charge in [0, 0.05) is 26.2 Å². The summed E-state index contributed by atoms with van der Waals surface area (Å²) < 4.78 is 6.14. The summed E-state index contributed by atoms with van der Waals surface area (Å²) in [5, 5.41) is 0.717. The minimum Gasteiger partial charge on any atom is -0.489 e. The van der Waals surface area contributed by atoms with Gasteiger partial charge in [0.15, 0.2) is 0 Å². The van der Waals surface area contributed by atoms with Crippen LogP contribution in [-0.4, -0.2) is 48.6 Å². The molecule has 1 saturated carbocycles. The fourth-order valence-electron chi connectivity index (χ4n) is 5.55. The quantitative estimate of drug-likeness (QED) is 0.529. The van der Waals surface area contributed by atoms with Gasteiger partial charge in [-0.15, -0.1) is 0 Å². The van der Waals surface area contributed by atoms with Crippen LogP contribution in [0.5, 0.6) is 5.75 Å². The van der Waals surface area contributed by atoms with Gasteiger partial charge in [-0.25, -0.2) is 0 Å². The molecule has 2 aromatic rings. The highest BCUT2D eigenvalue weighted by molar-refractivity contribution is 6.32. The number of hydrogen-bond donors (Lipinski definition) is 0. The van der Waals surface area contributed by atoms with Gasteiger partial charge < -0.3 is 9.64 Å². The van der Waals surface area contributed by atoms with E-state index in [0.29, 0.717) is 6.10 Å². The van der Waals surface area contributed by atoms with E-state index in [4.69, 9.17) is 16.3 Å². The van der Waals surface area contributed by atoms with E-state index in [2.05, 4.69) is 34.1 Å². The number of benzene rings is 2. The lowest BCUT2D eigenvalue weighted by molar-refractivity contribution is 0.0760. The van der Waals surface area contributed by atoms with Crippen molar-refractivity contribution in [3.05, 3.63) is 64.7 Å². The number of nitrogens with zero attached hydrogens (tertiary/aromatic N) is 2. The lowest BCUT2D eigenvalue weighted by Gasteiger charge is -2.41. The Labute approximate surface area is 192 Å². The Morgan fingerprint density at radius 1 is 0.839 bits per heavy atom. The second-order valence-corrected chi connectivity index (χ2v) is 10.2. The molecule has 2 aliphatic heterocycles. The van der Waals surface area contributed by atoms with Crippen LogP contribution in [-0.2, 0) is 6.54 Å². The van der Waals surface area contributed by atoms with Gasteiger partial charge in [-0.3, -0.25) is 4.90 Å². The highest BCUT2D eigenvalue weighted by atomic mass is 35.5. The molecule has 4 heteroatoms. The van der Waals surface area contributed by atoms with Crippen molar-refractivity contribution in [1.82, 2.24) is 9.80 Å². The Bertz CT molecular complexity index is 835. The highest BCUT2D eigenvalue weighted by Crippen LogP contribution is 2.42. The van der Waals surface area contributed by atoms with Gasteiger partial charge in [0.1, 0.15) is 11.9 Å². The summed E-state index contributed by atoms with van der Waals surface area (Å²) in [5.41, 5.74) is 3.02. The SMILES string of the molecule is Clc1ccccc1OC1CCN(CC2CC(c3ccc(CN4CCCC4)cc3)C2)CC1. The molecule has 0 atom stereocenters. The molecule has 3 aliphatic rings. The largest absolute Gasteiger partial charge is 0.489 e. The predicted molar refractivity (Wildman–Crippen MR) is 128 cm³/mol. The first-order chi connectivity index (χ1) is 15.2. The standard InChI is InChI=1S/C27H35ClN2O/c28-26-5-1-2-6-27(26)31-25-11-15-30(16-12-25)20-22-17-24(18-22)23-9-7-21(8-10-23)19-29-13-3-4-14-29/h1-2,5-10,22,24-25H,3-4,11-20H2. The maximum absolute atomic E-state index is 6.24. The van der Waals surface area contributed by atoms with E-state index < -0.39 is 0 Å². The van der Waals surface area contributed by atoms with Gasteiger partial charge >= 0.3 is 0 Å². The van der Waals surface area contributed by atoms with Gasteiger partial charge in [0.25, 0.3) is 0 Å². The first kappa shape index (κ1) is 21.3. The molecule has 3 nitrogen and oxygen atoms in total. The number of ether oxygens (including phenoxy) is 1. The van der Waals surface area contributed by atoms with Crippen molar-refractivity contribution < 1.29 is 4.74 Å². The van der Waals surface area contributed by atoms with Crippen molar-refractivity contribution in [2.24, 2.45) is 5.92 Å². The summed E-state index contributed by atoms with van der Waals surface area (Å²) >= 11 is 6.24. The summed E-state index contributed by atoms with van der Waals surface area (Å²) in [6.45, 7) is 7.21. The number of hydrogen-bond acceptors (Lipinski definition) is 3. The fraction of sp³-hybridized carbons (Fsp3) is 0.556. The number of rotatable bonds is 7. The summed E-state index contributed by atoms with van der Waals surface area (Å²) in [6, 6.07) is 17.3. The third-order valence-electron chi connectivity index (χ3n) is 7.47. The van der Waals surface area contributed by atoms with Crippen LogP contribution in [0.1, 0.15) is 55.6 Å². The number of para-hydroxylation sites is 1. The molecule has 0 amide bonds. The molecular formula is C27H35ClN2O. The van der Waals surface area contributed by atoms with E-state index in [-0.39, 0.29) is 0 Å². The first-order valence-electron chi connectivity index (χ1n) is 12.2. The molecule has 5 rings (SSSR count). The van der Waals surface area contributed by atoms with Crippen molar-refractivity contribution in [2.75, 3.05) is 32.7 Å². The molecule has 31 heavy (non-hydrogen) atoms. The smallest absolute Gasteiger partial charge is 0.138 e. The molecule has 1 aliphatic carbocycles. The summed E-state index contributed by atoms with van der Waals surface area (Å²) in [4.78, 5) is 5.23. The van der Waals surface area contributed by atoms with Crippen molar-refractivity contribution >= 4 is 11.6 Å². The topological polar surface area (TPSA) is 15.7 Å². The van der Waals surface area contributed by atoms with Crippen LogP contribution < -0.4 is 4.74 Å². The van der Waals surface area contributed by atoms with Crippen molar-refractivity contribution in [2.45, 2.75) is 57.1 Å². The van der Waals surface area contributed by atoms with Gasteiger partial charge in [0.05, 0.1) is 5.02 Å². The van der Waals surface area contributed by atoms with Gasteiger partial charge in [-0.1, -0.05) is 48.0 Å². The zero-order valence-corrected chi connectivity index (χ0v) is 19.3. The molecule has 0 radical (unpaired) electrons. The summed E-state index contributed by atoms with van der Waals surface area (Å²) in [7, 11) is 0. The van der Waals surface area contributed by atoms with Gasteiger partial charge in [0.2, 0.25) is 0 Å². The first-order valence-corrected chi connectivity index (χ1v) is 12.6. The normalized spacial score (nSPS) is 25.5. The summed E-state index contributed by atoms with van der Waals surface area (Å²) in [6.07, 6.45) is 7.92. The van der Waals surface area contributed by atoms with E-state index in [1.807, 2.05) is 24.3 Å². The van der Waals surface area contributed by atoms with E-state index in [1.165, 1.54) is 50.9 Å². The van der Waals surface area contributed by atoms with Crippen LogP contribution >= 0.6 is 11.6 Å².